The van der Waals surface area contributed by atoms with E-state index in [9.17, 15) is 4.79 Å². The van der Waals surface area contributed by atoms with Crippen molar-refractivity contribution in [2.24, 2.45) is 0 Å². The molecule has 1 amide bonds. The maximum Gasteiger partial charge on any atom is 0.243 e. The molecular formula is C25H29N3O2. The van der Waals surface area contributed by atoms with Gasteiger partial charge in [0, 0.05) is 13.0 Å². The highest BCUT2D eigenvalue weighted by atomic mass is 16.5. The first-order valence-electron chi connectivity index (χ1n) is 10.4. The fraction of sp³-hybridized carbons (Fsp3) is 0.280. The lowest BCUT2D eigenvalue weighted by atomic mass is 10.1. The molecule has 5 heteroatoms. The van der Waals surface area contributed by atoms with Crippen molar-refractivity contribution >= 4 is 16.9 Å². The summed E-state index contributed by atoms with van der Waals surface area (Å²) < 4.78 is 8.31. The van der Waals surface area contributed by atoms with Crippen LogP contribution in [0.5, 0.6) is 5.75 Å². The van der Waals surface area contributed by atoms with Crippen LogP contribution in [-0.2, 0) is 24.2 Å². The van der Waals surface area contributed by atoms with Gasteiger partial charge in [0.2, 0.25) is 5.91 Å². The second-order valence-electron chi connectivity index (χ2n) is 7.01. The predicted molar refractivity (Wildman–Crippen MR) is 122 cm³/mol. The smallest absolute Gasteiger partial charge is 0.243 e. The number of nitrogens with zero attached hydrogens (tertiary/aromatic N) is 2. The van der Waals surface area contributed by atoms with Crippen LogP contribution < -0.4 is 10.1 Å². The number of aryl methyl sites for hydroxylation is 1. The average molecular weight is 404 g/mol. The van der Waals surface area contributed by atoms with Gasteiger partial charge < -0.3 is 14.6 Å². The largest absolute Gasteiger partial charge is 0.491 e. The van der Waals surface area contributed by atoms with Crippen LogP contribution in [0.2, 0.25) is 0 Å². The summed E-state index contributed by atoms with van der Waals surface area (Å²) in [5, 5.41) is 2.89. The number of amides is 1. The Morgan fingerprint density at radius 3 is 2.83 bits per heavy atom. The van der Waals surface area contributed by atoms with Gasteiger partial charge >= 0.3 is 0 Å². The molecule has 1 aromatic heterocycles. The van der Waals surface area contributed by atoms with Gasteiger partial charge in [0.1, 0.15) is 18.2 Å². The van der Waals surface area contributed by atoms with Crippen molar-refractivity contribution in [1.82, 2.24) is 14.9 Å². The Bertz CT molecular complexity index is 1020. The van der Waals surface area contributed by atoms with Gasteiger partial charge in [-0.1, -0.05) is 42.5 Å². The minimum atomic E-state index is -0.0578. The molecule has 0 aliphatic heterocycles. The summed E-state index contributed by atoms with van der Waals surface area (Å²) in [5.74, 6) is 1.85. The summed E-state index contributed by atoms with van der Waals surface area (Å²) in [4.78, 5) is 16.4. The number of hydrogen-bond donors (Lipinski definition) is 1. The van der Waals surface area contributed by atoms with Gasteiger partial charge in [-0.05, 0) is 49.6 Å². The van der Waals surface area contributed by atoms with Gasteiger partial charge in [-0.2, -0.15) is 0 Å². The van der Waals surface area contributed by atoms with E-state index in [1.165, 1.54) is 6.08 Å². The number of imidazole rings is 1. The zero-order chi connectivity index (χ0) is 21.2. The minimum Gasteiger partial charge on any atom is -0.491 e. The van der Waals surface area contributed by atoms with Crippen LogP contribution in [0.25, 0.3) is 11.0 Å². The summed E-state index contributed by atoms with van der Waals surface area (Å²) in [6, 6.07) is 16.2. The van der Waals surface area contributed by atoms with Gasteiger partial charge in [0.15, 0.2) is 0 Å². The molecule has 0 spiro atoms. The van der Waals surface area contributed by atoms with Crippen molar-refractivity contribution in [2.75, 3.05) is 13.2 Å². The quantitative estimate of drug-likeness (QED) is 0.292. The number of aromatic nitrogens is 2. The summed E-state index contributed by atoms with van der Waals surface area (Å²) in [7, 11) is 0. The molecule has 0 radical (unpaired) electrons. The predicted octanol–water partition coefficient (Wildman–Crippen LogP) is 4.47. The Hall–Kier alpha value is -3.34. The number of carbonyl (C=O) groups excluding carboxylic acids is 1. The number of ether oxygens (including phenoxy) is 1. The lowest BCUT2D eigenvalue weighted by Gasteiger charge is -2.13. The Kier molecular flexibility index (Phi) is 7.84. The van der Waals surface area contributed by atoms with Crippen LogP contribution in [0.4, 0.5) is 0 Å². The summed E-state index contributed by atoms with van der Waals surface area (Å²) >= 11 is 0. The summed E-state index contributed by atoms with van der Waals surface area (Å²) in [6.07, 6.45) is 7.57. The molecule has 0 aliphatic carbocycles. The fourth-order valence-electron chi connectivity index (χ4n) is 3.45. The van der Waals surface area contributed by atoms with E-state index in [0.29, 0.717) is 19.7 Å². The molecule has 0 unspecified atom stereocenters. The van der Waals surface area contributed by atoms with Gasteiger partial charge in [0.25, 0.3) is 0 Å². The molecule has 0 saturated carbocycles. The highest BCUT2D eigenvalue weighted by molar-refractivity contribution is 5.87. The van der Waals surface area contributed by atoms with Crippen molar-refractivity contribution in [3.05, 3.63) is 84.7 Å². The van der Waals surface area contributed by atoms with E-state index in [2.05, 4.69) is 28.6 Å². The maximum atomic E-state index is 11.6. The van der Waals surface area contributed by atoms with E-state index < -0.39 is 0 Å². The second-order valence-corrected chi connectivity index (χ2v) is 7.01. The fourth-order valence-corrected chi connectivity index (χ4v) is 3.45. The molecule has 0 atom stereocenters. The molecule has 0 saturated heterocycles. The number of nitrogens with one attached hydrogen (secondary N) is 1. The maximum absolute atomic E-state index is 11.6. The number of carbonyl (C=O) groups is 1. The molecule has 0 bridgehead atoms. The highest BCUT2D eigenvalue weighted by Gasteiger charge is 2.11. The van der Waals surface area contributed by atoms with E-state index in [4.69, 9.17) is 9.72 Å². The molecule has 0 fully saturated rings. The first kappa shape index (κ1) is 21.4. The van der Waals surface area contributed by atoms with Crippen LogP contribution in [0, 0.1) is 0 Å². The molecule has 3 aromatic rings. The number of para-hydroxylation sites is 3. The SMILES string of the molecule is C=CCc1ccccc1OCCn1c(CCCNC(=O)/C=C\C)nc2ccccc21. The Morgan fingerprint density at radius 2 is 2.00 bits per heavy atom. The Morgan fingerprint density at radius 1 is 1.20 bits per heavy atom. The normalized spacial score (nSPS) is 11.1. The van der Waals surface area contributed by atoms with Crippen molar-refractivity contribution in [3.8, 4) is 5.75 Å². The van der Waals surface area contributed by atoms with Crippen molar-refractivity contribution in [1.29, 1.82) is 0 Å². The first-order chi connectivity index (χ1) is 14.7. The van der Waals surface area contributed by atoms with Crippen LogP contribution in [0.15, 0.2) is 73.3 Å². The third kappa shape index (κ3) is 5.60. The van der Waals surface area contributed by atoms with Gasteiger partial charge in [0.05, 0.1) is 17.6 Å². The number of benzene rings is 2. The molecule has 1 N–H and O–H groups in total. The first-order valence-corrected chi connectivity index (χ1v) is 10.4. The van der Waals surface area contributed by atoms with Crippen LogP contribution in [0.3, 0.4) is 0 Å². The van der Waals surface area contributed by atoms with Gasteiger partial charge in [-0.25, -0.2) is 4.98 Å². The van der Waals surface area contributed by atoms with Crippen LogP contribution in [0.1, 0.15) is 24.7 Å². The van der Waals surface area contributed by atoms with Crippen molar-refractivity contribution in [2.45, 2.75) is 32.7 Å². The number of fused-ring (bicyclic) bond motifs is 1. The minimum absolute atomic E-state index is 0.0578. The molecule has 5 nitrogen and oxygen atoms in total. The van der Waals surface area contributed by atoms with Crippen LogP contribution >= 0.6 is 0 Å². The zero-order valence-electron chi connectivity index (χ0n) is 17.5. The van der Waals surface area contributed by atoms with E-state index >= 15 is 0 Å². The molecule has 1 heterocycles. The molecule has 2 aromatic carbocycles. The topological polar surface area (TPSA) is 56.1 Å². The third-order valence-corrected chi connectivity index (χ3v) is 4.84. The van der Waals surface area contributed by atoms with Crippen molar-refractivity contribution in [3.63, 3.8) is 0 Å². The Labute approximate surface area is 178 Å². The standard InChI is InChI=1S/C25H29N3O2/c1-3-10-20-12-5-8-15-23(20)30-19-18-28-22-14-7-6-13-21(22)27-24(28)16-9-17-26-25(29)11-4-2/h3-8,11-15H,1,9-10,16-19H2,2H3,(H,26,29)/b11-4-. The van der Waals surface area contributed by atoms with E-state index in [1.54, 1.807) is 6.08 Å². The van der Waals surface area contributed by atoms with Crippen molar-refractivity contribution < 1.29 is 9.53 Å². The Balaban J connectivity index is 1.66. The lowest BCUT2D eigenvalue weighted by Crippen LogP contribution is -2.23. The number of hydrogen-bond acceptors (Lipinski definition) is 3. The second kappa shape index (κ2) is 11.0. The molecular weight excluding hydrogens is 374 g/mol. The molecule has 3 rings (SSSR count). The summed E-state index contributed by atoms with van der Waals surface area (Å²) in [6.45, 7) is 7.55. The van der Waals surface area contributed by atoms with E-state index in [-0.39, 0.29) is 5.91 Å². The zero-order valence-corrected chi connectivity index (χ0v) is 17.5. The number of rotatable bonds is 11. The van der Waals surface area contributed by atoms with Crippen LogP contribution in [-0.4, -0.2) is 28.6 Å². The molecule has 30 heavy (non-hydrogen) atoms. The van der Waals surface area contributed by atoms with Gasteiger partial charge in [-0.15, -0.1) is 6.58 Å². The lowest BCUT2D eigenvalue weighted by molar-refractivity contribution is -0.116. The average Bonchev–Trinajstić information content (AvgIpc) is 3.10. The van der Waals surface area contributed by atoms with E-state index in [1.807, 2.05) is 49.4 Å². The van der Waals surface area contributed by atoms with Gasteiger partial charge in [-0.3, -0.25) is 4.79 Å². The molecule has 0 aliphatic rings. The molecule has 156 valence electrons. The highest BCUT2D eigenvalue weighted by Crippen LogP contribution is 2.20. The monoisotopic (exact) mass is 403 g/mol. The summed E-state index contributed by atoms with van der Waals surface area (Å²) in [5.41, 5.74) is 3.23. The number of allylic oxidation sites excluding steroid dienone is 2. The van der Waals surface area contributed by atoms with E-state index in [0.717, 1.165) is 47.4 Å². The third-order valence-electron chi connectivity index (χ3n) is 4.84.